The standard InChI is InChI=1S/C78H89N7O17/c1-51(86)59-41-55(30-34-69(59)96-2)44-66(87)63(27-15-18-38-80-76(93)100-48-52-21-9-6-10-22-52)83-73(90)60-42-56(31-35-70(60)97-3)45-67(88)64(28-16-19-39-81-77(94)101-49-53-23-11-7-12-24-53)84-74(91)61-43-57(32-36-71(61)98-4)46-68(89)65(85-75(92)62-47-58(79)33-37-72(62)99-5)29-17-20-40-82-78(95)102-50-54-25-13-8-14-26-54/h6-14,21-26,30-37,41-43,47,63-65H,15-20,27-29,38-40,44-46,48-50,79H2,1-5H3,(H,80,93)(H,81,94)(H,82,95)(H,83,90)(H,84,91)(H,85,92)/t63-,64-,65-/m0/s1. The van der Waals surface area contributed by atoms with E-state index in [-0.39, 0.29) is 135 Å². The lowest BCUT2D eigenvalue weighted by molar-refractivity contribution is -0.121. The van der Waals surface area contributed by atoms with Crippen LogP contribution in [0.3, 0.4) is 0 Å². The van der Waals surface area contributed by atoms with Gasteiger partial charge in [-0.3, -0.25) is 33.6 Å². The molecule has 7 aromatic carbocycles. The second-order valence-electron chi connectivity index (χ2n) is 24.1. The first-order valence-corrected chi connectivity index (χ1v) is 33.6. The molecule has 0 unspecified atom stereocenters. The van der Waals surface area contributed by atoms with Crippen molar-refractivity contribution in [3.8, 4) is 23.0 Å². The largest absolute Gasteiger partial charge is 0.496 e. The van der Waals surface area contributed by atoms with E-state index in [0.717, 1.165) is 16.7 Å². The Kier molecular flexibility index (Phi) is 31.4. The van der Waals surface area contributed by atoms with E-state index < -0.39 is 65.7 Å². The van der Waals surface area contributed by atoms with Gasteiger partial charge in [0.05, 0.1) is 68.8 Å². The van der Waals surface area contributed by atoms with Crippen LogP contribution in [-0.2, 0) is 67.7 Å². The van der Waals surface area contributed by atoms with Crippen molar-refractivity contribution in [2.24, 2.45) is 0 Å². The van der Waals surface area contributed by atoms with Crippen molar-refractivity contribution < 1.29 is 81.1 Å². The zero-order valence-electron chi connectivity index (χ0n) is 58.1. The third-order valence-corrected chi connectivity index (χ3v) is 16.6. The number of nitrogens with two attached hydrogens (primary N) is 1. The molecule has 3 atom stereocenters. The van der Waals surface area contributed by atoms with Crippen LogP contribution in [-0.4, -0.2) is 125 Å². The number of hydrogen-bond donors (Lipinski definition) is 7. The summed E-state index contributed by atoms with van der Waals surface area (Å²) in [5.74, 6) is -2.79. The highest BCUT2D eigenvalue weighted by Gasteiger charge is 2.29. The number of rotatable bonds is 41. The minimum absolute atomic E-state index is 0.00583. The van der Waals surface area contributed by atoms with Crippen molar-refractivity contribution in [3.63, 3.8) is 0 Å². The second-order valence-corrected chi connectivity index (χ2v) is 24.1. The zero-order chi connectivity index (χ0) is 73.2. The van der Waals surface area contributed by atoms with Crippen molar-refractivity contribution in [2.75, 3.05) is 53.8 Å². The number of ketones is 4. The lowest BCUT2D eigenvalue weighted by atomic mass is 9.95. The molecular weight excluding hydrogens is 1310 g/mol. The van der Waals surface area contributed by atoms with Crippen molar-refractivity contribution >= 4 is 64.8 Å². The number of benzene rings is 7. The molecule has 0 fully saturated rings. The fourth-order valence-electron chi connectivity index (χ4n) is 11.1. The predicted molar refractivity (Wildman–Crippen MR) is 382 cm³/mol. The number of nitrogen functional groups attached to an aromatic ring is 1. The molecule has 24 nitrogen and oxygen atoms in total. The number of ether oxygens (including phenoxy) is 7. The Bertz CT molecular complexity index is 3990. The van der Waals surface area contributed by atoms with Gasteiger partial charge in [-0.2, -0.15) is 0 Å². The molecule has 0 saturated carbocycles. The normalized spacial score (nSPS) is 11.6. The second kappa shape index (κ2) is 41.1. The van der Waals surface area contributed by atoms with E-state index in [1.54, 1.807) is 36.4 Å². The lowest BCUT2D eigenvalue weighted by Gasteiger charge is -2.21. The summed E-state index contributed by atoms with van der Waals surface area (Å²) >= 11 is 0. The molecule has 0 aromatic heterocycles. The first-order chi connectivity index (χ1) is 49.3. The molecule has 102 heavy (non-hydrogen) atoms. The Labute approximate surface area is 593 Å². The Balaban J connectivity index is 1.07. The number of unbranched alkanes of at least 4 members (excludes halogenated alkanes) is 3. The van der Waals surface area contributed by atoms with Crippen molar-refractivity contribution in [2.45, 2.75) is 122 Å². The SMILES string of the molecule is COc1ccc(CC(=O)[C@H](CCCCNC(=O)OCc2ccccc2)NC(=O)c2cc(CC(=O)[C@H](CCCCNC(=O)OCc3ccccc3)NC(=O)c3cc(CC(=O)[C@H](CCCCNC(=O)OCc4ccccc4)NC(=O)c4cc(N)ccc4OC)ccc3OC)ccc2OC)cc1C(C)=O. The molecule has 538 valence electrons. The number of carbonyl (C=O) groups is 10. The number of methoxy groups -OCH3 is 4. The molecule has 0 saturated heterocycles. The monoisotopic (exact) mass is 1400 g/mol. The molecule has 6 amide bonds. The van der Waals surface area contributed by atoms with Crippen LogP contribution in [0, 0.1) is 0 Å². The van der Waals surface area contributed by atoms with Crippen molar-refractivity contribution in [1.82, 2.24) is 31.9 Å². The number of anilines is 1. The van der Waals surface area contributed by atoms with Crippen LogP contribution in [0.4, 0.5) is 20.1 Å². The van der Waals surface area contributed by atoms with Gasteiger partial charge in [-0.05, 0) is 153 Å². The van der Waals surface area contributed by atoms with Gasteiger partial charge in [0.1, 0.15) is 42.8 Å². The predicted octanol–water partition coefficient (Wildman–Crippen LogP) is 10.5. The molecule has 0 aliphatic carbocycles. The maximum absolute atomic E-state index is 14.8. The number of alkyl carbamates (subject to hydrolysis) is 3. The summed E-state index contributed by atoms with van der Waals surface area (Å²) in [6.07, 6.45) is 0.0135. The van der Waals surface area contributed by atoms with E-state index in [4.69, 9.17) is 38.9 Å². The molecule has 0 heterocycles. The number of carbonyl (C=O) groups excluding carboxylic acids is 10. The topological polar surface area (TPSA) is 334 Å². The lowest BCUT2D eigenvalue weighted by Crippen LogP contribution is -2.42. The molecule has 0 radical (unpaired) electrons. The van der Waals surface area contributed by atoms with Gasteiger partial charge >= 0.3 is 18.3 Å². The Morgan fingerprint density at radius 1 is 0.343 bits per heavy atom. The van der Waals surface area contributed by atoms with Crippen LogP contribution in [0.5, 0.6) is 23.0 Å². The highest BCUT2D eigenvalue weighted by Crippen LogP contribution is 2.27. The van der Waals surface area contributed by atoms with Gasteiger partial charge in [0.25, 0.3) is 17.7 Å². The van der Waals surface area contributed by atoms with E-state index in [1.807, 2.05) is 91.0 Å². The van der Waals surface area contributed by atoms with Gasteiger partial charge < -0.3 is 70.8 Å². The average Bonchev–Trinajstić information content (AvgIpc) is 0.836. The van der Waals surface area contributed by atoms with Gasteiger partial charge in [0, 0.05) is 44.6 Å². The third-order valence-electron chi connectivity index (χ3n) is 16.6. The summed E-state index contributed by atoms with van der Waals surface area (Å²) < 4.78 is 38.2. The molecule has 8 N–H and O–H groups in total. The minimum atomic E-state index is -1.18. The van der Waals surface area contributed by atoms with Gasteiger partial charge in [-0.1, -0.05) is 109 Å². The Hall–Kier alpha value is -11.6. The van der Waals surface area contributed by atoms with E-state index in [1.165, 1.54) is 71.8 Å². The summed E-state index contributed by atoms with van der Waals surface area (Å²) in [6.45, 7) is 2.19. The number of hydrogen-bond acceptors (Lipinski definition) is 18. The number of amides is 6. The van der Waals surface area contributed by atoms with Crippen molar-refractivity contribution in [1.29, 1.82) is 0 Å². The number of Topliss-reactive ketones (excluding diaryl/α,β-unsaturated/α-hetero) is 4. The molecule has 0 spiro atoms. The number of nitrogens with one attached hydrogen (secondary N) is 6. The molecule has 7 rings (SSSR count). The van der Waals surface area contributed by atoms with Crippen molar-refractivity contribution in [3.05, 3.63) is 219 Å². The van der Waals surface area contributed by atoms with Crippen LogP contribution in [0.1, 0.15) is 140 Å². The maximum Gasteiger partial charge on any atom is 0.407 e. The van der Waals surface area contributed by atoms with Crippen LogP contribution >= 0.6 is 0 Å². The summed E-state index contributed by atoms with van der Waals surface area (Å²) in [7, 11) is 5.56. The quantitative estimate of drug-likeness (QED) is 0.00810. The molecule has 7 aromatic rings. The average molecular weight is 1400 g/mol. The van der Waals surface area contributed by atoms with Crippen LogP contribution in [0.2, 0.25) is 0 Å². The smallest absolute Gasteiger partial charge is 0.407 e. The van der Waals surface area contributed by atoms with Crippen LogP contribution < -0.4 is 56.6 Å². The van der Waals surface area contributed by atoms with Gasteiger partial charge in [0.2, 0.25) is 0 Å². The summed E-state index contributed by atoms with van der Waals surface area (Å²) in [4.78, 5) is 137. The molecule has 24 heteroatoms. The molecule has 0 aliphatic heterocycles. The van der Waals surface area contributed by atoms with E-state index in [9.17, 15) is 47.9 Å². The summed E-state index contributed by atoms with van der Waals surface area (Å²) in [5, 5.41) is 16.8. The highest BCUT2D eigenvalue weighted by molar-refractivity contribution is 6.04. The van der Waals surface area contributed by atoms with E-state index in [0.29, 0.717) is 61.0 Å². The third kappa shape index (κ3) is 25.3. The van der Waals surface area contributed by atoms with Crippen LogP contribution in [0.25, 0.3) is 0 Å². The first-order valence-electron chi connectivity index (χ1n) is 33.6. The van der Waals surface area contributed by atoms with Gasteiger partial charge in [-0.25, -0.2) is 14.4 Å². The van der Waals surface area contributed by atoms with Gasteiger partial charge in [-0.15, -0.1) is 0 Å². The fourth-order valence-corrected chi connectivity index (χ4v) is 11.1. The molecule has 0 aliphatic rings. The zero-order valence-corrected chi connectivity index (χ0v) is 58.1. The van der Waals surface area contributed by atoms with E-state index in [2.05, 4.69) is 31.9 Å². The molecule has 0 bridgehead atoms. The van der Waals surface area contributed by atoms with Crippen LogP contribution in [0.15, 0.2) is 164 Å². The first kappa shape index (κ1) is 77.8. The maximum atomic E-state index is 14.8. The van der Waals surface area contributed by atoms with Gasteiger partial charge in [0.15, 0.2) is 23.1 Å². The van der Waals surface area contributed by atoms with E-state index >= 15 is 0 Å². The minimum Gasteiger partial charge on any atom is -0.496 e. The highest BCUT2D eigenvalue weighted by atomic mass is 16.6. The molecular formula is C78H89N7O17. The summed E-state index contributed by atoms with van der Waals surface area (Å²) in [6, 6.07) is 42.8. The Morgan fingerprint density at radius 2 is 0.627 bits per heavy atom. The summed E-state index contributed by atoms with van der Waals surface area (Å²) in [5.41, 5.74) is 10.4. The fraction of sp³-hybridized carbons (Fsp3) is 0.333. The Morgan fingerprint density at radius 3 is 0.931 bits per heavy atom.